The highest BCUT2D eigenvalue weighted by atomic mass is 127. The maximum absolute atomic E-state index is 5.92. The number of aromatic nitrogens is 2. The lowest BCUT2D eigenvalue weighted by Gasteiger charge is -2.21. The molecule has 0 saturated carbocycles. The van der Waals surface area contributed by atoms with Crippen LogP contribution in [0.4, 0.5) is 5.82 Å². The maximum Gasteiger partial charge on any atom is 0.145 e. The fraction of sp³-hybridized carbons (Fsp3) is 0.636. The second kappa shape index (κ2) is 4.83. The molecule has 1 aromatic rings. The molecular formula is C11H19IN4. The highest BCUT2D eigenvalue weighted by molar-refractivity contribution is 14.1. The summed E-state index contributed by atoms with van der Waals surface area (Å²) in [5, 5.41) is 0. The van der Waals surface area contributed by atoms with Gasteiger partial charge in [-0.1, -0.05) is 20.8 Å². The lowest BCUT2D eigenvalue weighted by Crippen LogP contribution is -2.21. The van der Waals surface area contributed by atoms with Crippen molar-refractivity contribution in [2.24, 2.45) is 0 Å². The average Bonchev–Trinajstić information content (AvgIpc) is 2.08. The fourth-order valence-electron chi connectivity index (χ4n) is 1.36. The van der Waals surface area contributed by atoms with E-state index in [1.54, 1.807) is 0 Å². The number of rotatable bonds is 2. The third-order valence-corrected chi connectivity index (χ3v) is 3.15. The van der Waals surface area contributed by atoms with Crippen molar-refractivity contribution in [3.63, 3.8) is 0 Å². The topological polar surface area (TPSA) is 55.0 Å². The van der Waals surface area contributed by atoms with Crippen LogP contribution in [0.1, 0.15) is 32.3 Å². The molecule has 0 unspecified atom stereocenters. The van der Waals surface area contributed by atoms with Gasteiger partial charge in [-0.3, -0.25) is 0 Å². The first-order valence-electron chi connectivity index (χ1n) is 5.19. The van der Waals surface area contributed by atoms with Crippen molar-refractivity contribution in [3.8, 4) is 0 Å². The van der Waals surface area contributed by atoms with Gasteiger partial charge in [-0.05, 0) is 36.7 Å². The van der Waals surface area contributed by atoms with Gasteiger partial charge < -0.3 is 10.6 Å². The monoisotopic (exact) mass is 334 g/mol. The van der Waals surface area contributed by atoms with Crippen molar-refractivity contribution in [2.75, 3.05) is 19.8 Å². The van der Waals surface area contributed by atoms with Crippen LogP contribution in [0.3, 0.4) is 0 Å². The molecule has 16 heavy (non-hydrogen) atoms. The number of nitrogen functional groups attached to an aromatic ring is 1. The molecule has 0 amide bonds. The quantitative estimate of drug-likeness (QED) is 0.841. The van der Waals surface area contributed by atoms with Crippen LogP contribution < -0.4 is 5.73 Å². The predicted molar refractivity (Wildman–Crippen MR) is 75.3 cm³/mol. The lowest BCUT2D eigenvalue weighted by atomic mass is 9.92. The Kier molecular flexibility index (Phi) is 4.12. The second-order valence-corrected chi connectivity index (χ2v) is 6.25. The molecule has 1 aromatic heterocycles. The number of hydrogen-bond donors (Lipinski definition) is 1. The first-order valence-corrected chi connectivity index (χ1v) is 6.27. The minimum Gasteiger partial charge on any atom is -0.383 e. The van der Waals surface area contributed by atoms with E-state index < -0.39 is 0 Å². The zero-order valence-corrected chi connectivity index (χ0v) is 12.7. The minimum absolute atomic E-state index is 0.00531. The Morgan fingerprint density at radius 1 is 1.25 bits per heavy atom. The predicted octanol–water partition coefficient (Wildman–Crippen LogP) is 2.02. The number of halogens is 1. The first kappa shape index (κ1) is 13.6. The smallest absolute Gasteiger partial charge is 0.145 e. The van der Waals surface area contributed by atoms with E-state index in [4.69, 9.17) is 5.73 Å². The average molecular weight is 334 g/mol. The van der Waals surface area contributed by atoms with E-state index >= 15 is 0 Å². The van der Waals surface area contributed by atoms with Gasteiger partial charge >= 0.3 is 0 Å². The molecule has 0 bridgehead atoms. The first-order chi connectivity index (χ1) is 7.21. The molecule has 5 heteroatoms. The summed E-state index contributed by atoms with van der Waals surface area (Å²) in [5.74, 6) is 1.37. The molecule has 0 aliphatic rings. The fourth-order valence-corrected chi connectivity index (χ4v) is 2.41. The molecule has 1 rings (SSSR count). The SMILES string of the molecule is CN(C)Cc1nc(N)c(I)c(C(C)(C)C)n1. The van der Waals surface area contributed by atoms with E-state index in [0.717, 1.165) is 15.1 Å². The van der Waals surface area contributed by atoms with Crippen molar-refractivity contribution in [3.05, 3.63) is 15.1 Å². The molecule has 0 aromatic carbocycles. The summed E-state index contributed by atoms with van der Waals surface area (Å²) in [7, 11) is 3.99. The highest BCUT2D eigenvalue weighted by Gasteiger charge is 2.22. The molecule has 0 saturated heterocycles. The summed E-state index contributed by atoms with van der Waals surface area (Å²) in [6, 6.07) is 0. The van der Waals surface area contributed by atoms with Gasteiger partial charge in [-0.25, -0.2) is 9.97 Å². The van der Waals surface area contributed by atoms with E-state index in [1.807, 2.05) is 19.0 Å². The molecule has 90 valence electrons. The van der Waals surface area contributed by atoms with Crippen molar-refractivity contribution in [1.82, 2.24) is 14.9 Å². The molecule has 0 fully saturated rings. The Morgan fingerprint density at radius 2 is 1.81 bits per heavy atom. The lowest BCUT2D eigenvalue weighted by molar-refractivity contribution is 0.388. The van der Waals surface area contributed by atoms with Crippen LogP contribution >= 0.6 is 22.6 Å². The molecule has 0 aliphatic heterocycles. The minimum atomic E-state index is -0.00531. The van der Waals surface area contributed by atoms with Gasteiger partial charge in [-0.15, -0.1) is 0 Å². The largest absolute Gasteiger partial charge is 0.383 e. The third-order valence-electron chi connectivity index (χ3n) is 2.09. The number of hydrogen-bond acceptors (Lipinski definition) is 4. The highest BCUT2D eigenvalue weighted by Crippen LogP contribution is 2.28. The second-order valence-electron chi connectivity index (χ2n) is 5.18. The number of anilines is 1. The number of nitrogens with zero attached hydrogens (tertiary/aromatic N) is 3. The standard InChI is InChI=1S/C11H19IN4/c1-11(2,3)9-8(12)10(13)15-7(14-9)6-16(4)5/h6H2,1-5H3,(H2,13,14,15). The van der Waals surface area contributed by atoms with Crippen molar-refractivity contribution in [2.45, 2.75) is 32.7 Å². The molecule has 0 aliphatic carbocycles. The Morgan fingerprint density at radius 3 is 2.25 bits per heavy atom. The molecule has 0 atom stereocenters. The molecule has 1 heterocycles. The normalized spacial score (nSPS) is 12.2. The summed E-state index contributed by atoms with van der Waals surface area (Å²) in [5.41, 5.74) is 6.94. The van der Waals surface area contributed by atoms with Gasteiger partial charge in [0.15, 0.2) is 0 Å². The third kappa shape index (κ3) is 3.28. The zero-order chi connectivity index (χ0) is 12.5. The Bertz CT molecular complexity index is 382. The molecule has 0 radical (unpaired) electrons. The van der Waals surface area contributed by atoms with E-state index in [2.05, 4.69) is 53.3 Å². The van der Waals surface area contributed by atoms with Crippen molar-refractivity contribution >= 4 is 28.4 Å². The van der Waals surface area contributed by atoms with E-state index in [1.165, 1.54) is 0 Å². The van der Waals surface area contributed by atoms with Gasteiger partial charge in [-0.2, -0.15) is 0 Å². The van der Waals surface area contributed by atoms with Crippen LogP contribution in [0.25, 0.3) is 0 Å². The van der Waals surface area contributed by atoms with Crippen LogP contribution in [0.5, 0.6) is 0 Å². The molecule has 4 nitrogen and oxygen atoms in total. The zero-order valence-electron chi connectivity index (χ0n) is 10.5. The van der Waals surface area contributed by atoms with Gasteiger partial charge in [0.25, 0.3) is 0 Å². The summed E-state index contributed by atoms with van der Waals surface area (Å²) in [6.45, 7) is 7.12. The van der Waals surface area contributed by atoms with Gasteiger partial charge in [0.2, 0.25) is 0 Å². The Hall–Kier alpha value is -0.430. The van der Waals surface area contributed by atoms with Gasteiger partial charge in [0, 0.05) is 5.41 Å². The van der Waals surface area contributed by atoms with Crippen LogP contribution in [0, 0.1) is 3.57 Å². The Balaban J connectivity index is 3.23. The van der Waals surface area contributed by atoms with Crippen LogP contribution in [-0.4, -0.2) is 29.0 Å². The van der Waals surface area contributed by atoms with Gasteiger partial charge in [0.05, 0.1) is 15.8 Å². The maximum atomic E-state index is 5.92. The van der Waals surface area contributed by atoms with Crippen LogP contribution in [0.2, 0.25) is 0 Å². The molecule has 2 N–H and O–H groups in total. The molecule has 0 spiro atoms. The van der Waals surface area contributed by atoms with Crippen molar-refractivity contribution in [1.29, 1.82) is 0 Å². The van der Waals surface area contributed by atoms with E-state index in [-0.39, 0.29) is 5.41 Å². The summed E-state index contributed by atoms with van der Waals surface area (Å²) in [6.07, 6.45) is 0. The van der Waals surface area contributed by atoms with Crippen LogP contribution in [0.15, 0.2) is 0 Å². The summed E-state index contributed by atoms with van der Waals surface area (Å²) < 4.78 is 0.965. The van der Waals surface area contributed by atoms with E-state index in [0.29, 0.717) is 12.4 Å². The molecular weight excluding hydrogens is 315 g/mol. The van der Waals surface area contributed by atoms with E-state index in [9.17, 15) is 0 Å². The van der Waals surface area contributed by atoms with Gasteiger partial charge in [0.1, 0.15) is 11.6 Å². The van der Waals surface area contributed by atoms with Crippen LogP contribution in [-0.2, 0) is 12.0 Å². The summed E-state index contributed by atoms with van der Waals surface area (Å²) >= 11 is 2.22. The Labute approximate surface area is 111 Å². The summed E-state index contributed by atoms with van der Waals surface area (Å²) in [4.78, 5) is 10.9. The number of nitrogens with two attached hydrogens (primary N) is 1. The van der Waals surface area contributed by atoms with Crippen molar-refractivity contribution < 1.29 is 0 Å².